The second-order valence-corrected chi connectivity index (χ2v) is 11.5. The van der Waals surface area contributed by atoms with Gasteiger partial charge in [-0.05, 0) is 34.7 Å². The first kappa shape index (κ1) is 27.1. The third-order valence-electron chi connectivity index (χ3n) is 5.53. The fraction of sp³-hybridized carbons (Fsp3) is 0.400. The molecule has 0 spiro atoms. The summed E-state index contributed by atoms with van der Waals surface area (Å²) >= 11 is 2.47. The molecule has 0 aliphatic carbocycles. The number of alkyl halides is 1. The van der Waals surface area contributed by atoms with E-state index in [2.05, 4.69) is 121 Å². The zero-order valence-electron chi connectivity index (χ0n) is 19.8. The fourth-order valence-electron chi connectivity index (χ4n) is 3.76. The predicted molar refractivity (Wildman–Crippen MR) is 156 cm³/mol. The van der Waals surface area contributed by atoms with Crippen LogP contribution in [0.2, 0.25) is 0 Å². The van der Waals surface area contributed by atoms with Gasteiger partial charge in [0, 0.05) is 0 Å². The van der Waals surface area contributed by atoms with Crippen LogP contribution < -0.4 is 15.9 Å². The van der Waals surface area contributed by atoms with Gasteiger partial charge in [-0.1, -0.05) is 178 Å². The highest BCUT2D eigenvalue weighted by Crippen LogP contribution is 2.32. The van der Waals surface area contributed by atoms with Crippen LogP contribution in [0.25, 0.3) is 0 Å². The van der Waals surface area contributed by atoms with Gasteiger partial charge in [0.05, 0.1) is 0 Å². The molecular weight excluding hydrogens is 518 g/mol. The Kier molecular flexibility index (Phi) is 15.5. The minimum atomic E-state index is -0.446. The highest BCUT2D eigenvalue weighted by Gasteiger charge is 2.14. The molecule has 0 fully saturated rings. The molecule has 3 rings (SSSR count). The molecule has 0 aliphatic heterocycles. The van der Waals surface area contributed by atoms with Gasteiger partial charge in [0.15, 0.2) is 0 Å². The van der Waals surface area contributed by atoms with E-state index in [9.17, 15) is 0 Å². The lowest BCUT2D eigenvalue weighted by molar-refractivity contribution is 0.563. The molecule has 0 saturated heterocycles. The fourth-order valence-corrected chi connectivity index (χ4v) is 6.60. The van der Waals surface area contributed by atoms with E-state index >= 15 is 0 Å². The lowest BCUT2D eigenvalue weighted by Crippen LogP contribution is -2.20. The first-order valence-corrected chi connectivity index (χ1v) is 15.2. The molecule has 0 radical (unpaired) electrons. The third-order valence-corrected chi connectivity index (χ3v) is 8.74. The molecule has 0 N–H and O–H groups in total. The Bertz CT molecular complexity index is 685. The van der Waals surface area contributed by atoms with Crippen LogP contribution in [0, 0.1) is 0 Å². The standard InChI is InChI=1S/C18H15P.C12H25I/c1-4-10-16(11-5-1)19(17-12-6-2-7-13-17)18-14-8-3-9-15-18;1-2-3-4-5-6-7-8-9-10-11-12-13/h1-15H;2-12H2,1H3. The van der Waals surface area contributed by atoms with Crippen molar-refractivity contribution in [2.75, 3.05) is 4.43 Å². The van der Waals surface area contributed by atoms with E-state index in [4.69, 9.17) is 0 Å². The number of unbranched alkanes of at least 4 members (excludes halogenated alkanes) is 9. The zero-order valence-corrected chi connectivity index (χ0v) is 22.8. The van der Waals surface area contributed by atoms with Crippen LogP contribution in [0.15, 0.2) is 91.0 Å². The Morgan fingerprint density at radius 3 is 1.09 bits per heavy atom. The summed E-state index contributed by atoms with van der Waals surface area (Å²) in [4.78, 5) is 0. The van der Waals surface area contributed by atoms with Crippen LogP contribution in [0.4, 0.5) is 0 Å². The van der Waals surface area contributed by atoms with Gasteiger partial charge in [-0.15, -0.1) is 0 Å². The predicted octanol–water partition coefficient (Wildman–Crippen LogP) is 8.79. The summed E-state index contributed by atoms with van der Waals surface area (Å²) in [7, 11) is -0.446. The van der Waals surface area contributed by atoms with Gasteiger partial charge >= 0.3 is 0 Å². The lowest BCUT2D eigenvalue weighted by atomic mass is 10.1. The largest absolute Gasteiger partial charge is 0.0864 e. The van der Waals surface area contributed by atoms with Gasteiger partial charge in [0.2, 0.25) is 0 Å². The summed E-state index contributed by atoms with van der Waals surface area (Å²) in [5.41, 5.74) is 0. The zero-order chi connectivity index (χ0) is 22.7. The molecule has 0 nitrogen and oxygen atoms in total. The maximum Gasteiger partial charge on any atom is -0.000473 e. The molecule has 0 unspecified atom stereocenters. The van der Waals surface area contributed by atoms with Gasteiger partial charge in [-0.2, -0.15) is 0 Å². The highest BCUT2D eigenvalue weighted by molar-refractivity contribution is 14.1. The molecule has 0 atom stereocenters. The summed E-state index contributed by atoms with van der Waals surface area (Å²) < 4.78 is 1.34. The molecule has 0 bridgehead atoms. The Balaban J connectivity index is 0.000000247. The molecule has 2 heteroatoms. The van der Waals surface area contributed by atoms with Crippen molar-refractivity contribution in [2.45, 2.75) is 71.1 Å². The highest BCUT2D eigenvalue weighted by atomic mass is 127. The van der Waals surface area contributed by atoms with Crippen LogP contribution in [-0.2, 0) is 0 Å². The molecule has 3 aromatic carbocycles. The van der Waals surface area contributed by atoms with E-state index in [-0.39, 0.29) is 0 Å². The third kappa shape index (κ3) is 11.1. The van der Waals surface area contributed by atoms with Gasteiger partial charge < -0.3 is 0 Å². The van der Waals surface area contributed by atoms with Crippen molar-refractivity contribution in [1.29, 1.82) is 0 Å². The van der Waals surface area contributed by atoms with E-state index in [0.717, 1.165) is 0 Å². The number of hydrogen-bond donors (Lipinski definition) is 0. The van der Waals surface area contributed by atoms with E-state index in [1.165, 1.54) is 84.5 Å². The Labute approximate surface area is 212 Å². The number of benzene rings is 3. The topological polar surface area (TPSA) is 0 Å². The van der Waals surface area contributed by atoms with E-state index in [1.807, 2.05) is 0 Å². The molecule has 0 amide bonds. The van der Waals surface area contributed by atoms with Crippen molar-refractivity contribution in [3.05, 3.63) is 91.0 Å². The van der Waals surface area contributed by atoms with Crippen molar-refractivity contribution in [2.24, 2.45) is 0 Å². The van der Waals surface area contributed by atoms with Gasteiger partial charge in [0.1, 0.15) is 0 Å². The van der Waals surface area contributed by atoms with Gasteiger partial charge in [0.25, 0.3) is 0 Å². The summed E-state index contributed by atoms with van der Waals surface area (Å²) in [5, 5.41) is 4.19. The Morgan fingerprint density at radius 2 is 0.781 bits per heavy atom. The number of halogens is 1. The second kappa shape index (κ2) is 18.3. The second-order valence-electron chi connectivity index (χ2n) is 8.21. The average molecular weight is 559 g/mol. The van der Waals surface area contributed by atoms with Crippen molar-refractivity contribution in [3.8, 4) is 0 Å². The molecular formula is C30H40IP. The smallest absolute Gasteiger partial charge is 0.000473 e. The molecule has 172 valence electrons. The monoisotopic (exact) mass is 558 g/mol. The van der Waals surface area contributed by atoms with Crippen molar-refractivity contribution < 1.29 is 0 Å². The quantitative estimate of drug-likeness (QED) is 0.0852. The molecule has 0 aliphatic rings. The summed E-state index contributed by atoms with van der Waals surface area (Å²) in [6.07, 6.45) is 14.5. The number of rotatable bonds is 13. The molecule has 0 heterocycles. The molecule has 32 heavy (non-hydrogen) atoms. The van der Waals surface area contributed by atoms with E-state index in [1.54, 1.807) is 0 Å². The van der Waals surface area contributed by atoms with Crippen molar-refractivity contribution in [3.63, 3.8) is 0 Å². The molecule has 0 aromatic heterocycles. The van der Waals surface area contributed by atoms with Crippen molar-refractivity contribution in [1.82, 2.24) is 0 Å². The normalized spacial score (nSPS) is 10.6. The van der Waals surface area contributed by atoms with Crippen LogP contribution in [0.3, 0.4) is 0 Å². The summed E-state index contributed by atoms with van der Waals surface area (Å²) in [6.45, 7) is 2.28. The summed E-state index contributed by atoms with van der Waals surface area (Å²) in [5.74, 6) is 0. The maximum atomic E-state index is 2.47. The Morgan fingerprint density at radius 1 is 0.469 bits per heavy atom. The minimum absolute atomic E-state index is 0.446. The first-order chi connectivity index (χ1) is 15.9. The summed E-state index contributed by atoms with van der Waals surface area (Å²) in [6, 6.07) is 32.3. The van der Waals surface area contributed by atoms with Gasteiger partial charge in [-0.3, -0.25) is 0 Å². The Hall–Kier alpha value is -1.18. The van der Waals surface area contributed by atoms with Crippen LogP contribution in [0.5, 0.6) is 0 Å². The van der Waals surface area contributed by atoms with Crippen LogP contribution >= 0.6 is 30.5 Å². The van der Waals surface area contributed by atoms with Crippen LogP contribution in [-0.4, -0.2) is 4.43 Å². The van der Waals surface area contributed by atoms with Gasteiger partial charge in [-0.25, -0.2) is 0 Å². The lowest BCUT2D eigenvalue weighted by Gasteiger charge is -2.18. The molecule has 3 aromatic rings. The molecule has 0 saturated carbocycles. The minimum Gasteiger partial charge on any atom is -0.0864 e. The maximum absolute atomic E-state index is 2.47. The van der Waals surface area contributed by atoms with Crippen molar-refractivity contribution >= 4 is 46.4 Å². The first-order valence-electron chi connectivity index (χ1n) is 12.4. The van der Waals surface area contributed by atoms with E-state index in [0.29, 0.717) is 0 Å². The number of hydrogen-bond acceptors (Lipinski definition) is 0. The average Bonchev–Trinajstić information content (AvgIpc) is 2.86. The SMILES string of the molecule is CCCCCCCCCCCCI.c1ccc(P(c2ccccc2)c2ccccc2)cc1. The van der Waals surface area contributed by atoms with Crippen LogP contribution in [0.1, 0.15) is 71.1 Å². The van der Waals surface area contributed by atoms with E-state index < -0.39 is 7.92 Å².